The number of anilines is 1. The van der Waals surface area contributed by atoms with Gasteiger partial charge in [0.05, 0.1) is 21.8 Å². The van der Waals surface area contributed by atoms with Crippen LogP contribution in [0.2, 0.25) is 0 Å². The zero-order valence-electron chi connectivity index (χ0n) is 17.1. The van der Waals surface area contributed by atoms with Gasteiger partial charge >= 0.3 is 0 Å². The number of benzene rings is 1. The molecule has 0 spiro atoms. The smallest absolute Gasteiger partial charge is 0.243 e. The van der Waals surface area contributed by atoms with Crippen molar-refractivity contribution >= 4 is 33.4 Å². The van der Waals surface area contributed by atoms with Gasteiger partial charge < -0.3 is 5.32 Å². The number of thioether (sulfide) groups is 1. The fourth-order valence-corrected chi connectivity index (χ4v) is 6.26. The minimum absolute atomic E-state index is 0.0673. The number of nitrogens with one attached hydrogen (secondary N) is 1. The number of fused-ring (bicyclic) bond motifs is 1. The number of nitrogens with zero attached hydrogens (tertiary/aromatic N) is 2. The number of piperidine rings is 1. The summed E-state index contributed by atoms with van der Waals surface area (Å²) in [5.74, 6) is 0.689. The lowest BCUT2D eigenvalue weighted by molar-refractivity contribution is -0.120. The number of pyridine rings is 1. The Bertz CT molecular complexity index is 1010. The Balaban J connectivity index is 1.35. The quantitative estimate of drug-likeness (QED) is 0.686. The van der Waals surface area contributed by atoms with Crippen molar-refractivity contribution in [2.24, 2.45) is 5.92 Å². The number of rotatable bonds is 6. The van der Waals surface area contributed by atoms with Crippen LogP contribution in [0.4, 0.5) is 5.69 Å². The van der Waals surface area contributed by atoms with E-state index in [0.717, 1.165) is 35.6 Å². The van der Waals surface area contributed by atoms with E-state index in [2.05, 4.69) is 17.2 Å². The molecule has 1 aliphatic carbocycles. The number of hydrogen-bond donors (Lipinski definition) is 1. The molecule has 0 radical (unpaired) electrons. The number of sulfonamides is 1. The minimum Gasteiger partial charge on any atom is -0.324 e. The maximum atomic E-state index is 13.1. The zero-order chi connectivity index (χ0) is 21.1. The Morgan fingerprint density at radius 1 is 1.17 bits per heavy atom. The van der Waals surface area contributed by atoms with Crippen molar-refractivity contribution in [2.75, 3.05) is 24.2 Å². The second-order valence-corrected chi connectivity index (χ2v) is 11.0. The lowest BCUT2D eigenvalue weighted by Gasteiger charge is -2.30. The van der Waals surface area contributed by atoms with Crippen molar-refractivity contribution < 1.29 is 13.2 Å². The normalized spacial score (nSPS) is 17.6. The van der Waals surface area contributed by atoms with Gasteiger partial charge in [-0.15, -0.1) is 11.8 Å². The second kappa shape index (κ2) is 9.08. The van der Waals surface area contributed by atoms with Crippen molar-refractivity contribution in [1.82, 2.24) is 9.29 Å². The monoisotopic (exact) mass is 445 g/mol. The Morgan fingerprint density at radius 3 is 2.63 bits per heavy atom. The fourth-order valence-electron chi connectivity index (χ4n) is 4.15. The molecule has 2 heterocycles. The summed E-state index contributed by atoms with van der Waals surface area (Å²) in [4.78, 5) is 17.3. The topological polar surface area (TPSA) is 79.4 Å². The van der Waals surface area contributed by atoms with Crippen molar-refractivity contribution in [1.29, 1.82) is 0 Å². The molecule has 8 heteroatoms. The summed E-state index contributed by atoms with van der Waals surface area (Å²) >= 11 is 1.65. The average molecular weight is 446 g/mol. The van der Waals surface area contributed by atoms with Gasteiger partial charge in [0.25, 0.3) is 0 Å². The van der Waals surface area contributed by atoms with Crippen LogP contribution in [0.15, 0.2) is 46.5 Å². The van der Waals surface area contributed by atoms with E-state index in [1.807, 2.05) is 24.3 Å². The van der Waals surface area contributed by atoms with Crippen molar-refractivity contribution in [2.45, 2.75) is 48.9 Å². The van der Waals surface area contributed by atoms with Gasteiger partial charge in [-0.05, 0) is 73.2 Å². The summed E-state index contributed by atoms with van der Waals surface area (Å²) in [7, 11) is -3.51. The van der Waals surface area contributed by atoms with Crippen molar-refractivity contribution in [3.8, 4) is 0 Å². The Hall–Kier alpha value is -1.90. The SMILES string of the molecule is CCSc1ccc(NC(=O)C2CCN(S(=O)(=O)c3ccc4c(c3)CCC4)CC2)cn1. The number of aromatic nitrogens is 1. The van der Waals surface area contributed by atoms with Crippen molar-refractivity contribution in [3.05, 3.63) is 47.7 Å². The maximum absolute atomic E-state index is 13.1. The molecule has 0 unspecified atom stereocenters. The zero-order valence-corrected chi connectivity index (χ0v) is 18.8. The molecular formula is C22H27N3O3S2. The van der Waals surface area contributed by atoms with Crippen LogP contribution in [-0.4, -0.2) is 42.5 Å². The summed E-state index contributed by atoms with van der Waals surface area (Å²) in [6.45, 7) is 2.79. The summed E-state index contributed by atoms with van der Waals surface area (Å²) in [6, 6.07) is 9.27. The first-order valence-electron chi connectivity index (χ1n) is 10.5. The van der Waals surface area contributed by atoms with E-state index < -0.39 is 10.0 Å². The summed E-state index contributed by atoms with van der Waals surface area (Å²) in [5.41, 5.74) is 3.09. The first kappa shape index (κ1) is 21.3. The number of hydrogen-bond acceptors (Lipinski definition) is 5. The predicted molar refractivity (Wildman–Crippen MR) is 119 cm³/mol. The van der Waals surface area contributed by atoms with Gasteiger partial charge in [-0.3, -0.25) is 4.79 Å². The van der Waals surface area contributed by atoms with Crippen LogP contribution in [-0.2, 0) is 27.7 Å². The summed E-state index contributed by atoms with van der Waals surface area (Å²) in [6.07, 6.45) is 5.79. The van der Waals surface area contributed by atoms with Crippen LogP contribution < -0.4 is 5.32 Å². The highest BCUT2D eigenvalue weighted by Gasteiger charge is 2.32. The number of amides is 1. The number of aryl methyl sites for hydroxylation is 2. The highest BCUT2D eigenvalue weighted by molar-refractivity contribution is 7.99. The first-order chi connectivity index (χ1) is 14.5. The minimum atomic E-state index is -3.51. The van der Waals surface area contributed by atoms with E-state index in [0.29, 0.717) is 36.5 Å². The molecule has 0 atom stereocenters. The molecule has 2 aliphatic rings. The molecule has 1 aromatic carbocycles. The van der Waals surface area contributed by atoms with Gasteiger partial charge in [-0.25, -0.2) is 13.4 Å². The van der Waals surface area contributed by atoms with Crippen molar-refractivity contribution in [3.63, 3.8) is 0 Å². The van der Waals surface area contributed by atoms with Gasteiger partial charge in [-0.1, -0.05) is 13.0 Å². The molecule has 160 valence electrons. The molecule has 1 N–H and O–H groups in total. The number of carbonyl (C=O) groups is 1. The van der Waals surface area contributed by atoms with E-state index >= 15 is 0 Å². The van der Waals surface area contributed by atoms with E-state index in [1.165, 1.54) is 9.87 Å². The van der Waals surface area contributed by atoms with E-state index in [4.69, 9.17) is 0 Å². The van der Waals surface area contributed by atoms with Crippen LogP contribution in [0.1, 0.15) is 37.3 Å². The van der Waals surface area contributed by atoms with Gasteiger partial charge in [0.2, 0.25) is 15.9 Å². The van der Waals surface area contributed by atoms with E-state index in [-0.39, 0.29) is 11.8 Å². The molecule has 2 aromatic rings. The largest absolute Gasteiger partial charge is 0.324 e. The third-order valence-electron chi connectivity index (χ3n) is 5.83. The Morgan fingerprint density at radius 2 is 1.93 bits per heavy atom. The van der Waals surface area contributed by atoms with Gasteiger partial charge in [-0.2, -0.15) is 4.31 Å². The van der Waals surface area contributed by atoms with E-state index in [9.17, 15) is 13.2 Å². The Labute approximate surface area is 182 Å². The molecular weight excluding hydrogens is 418 g/mol. The molecule has 1 fully saturated rings. The standard InChI is InChI=1S/C22H27N3O3S2/c1-2-29-21-9-7-19(15-23-21)24-22(26)17-10-12-25(13-11-17)30(27,28)20-8-6-16-4-3-5-18(16)14-20/h6-9,14-15,17H,2-5,10-13H2,1H3,(H,24,26). The molecule has 30 heavy (non-hydrogen) atoms. The molecule has 0 saturated carbocycles. The summed E-state index contributed by atoms with van der Waals surface area (Å²) in [5, 5.41) is 3.85. The molecule has 1 amide bonds. The number of carbonyl (C=O) groups excluding carboxylic acids is 1. The predicted octanol–water partition coefficient (Wildman–Crippen LogP) is 3.72. The molecule has 1 aromatic heterocycles. The Kier molecular flexibility index (Phi) is 6.46. The molecule has 1 aliphatic heterocycles. The highest BCUT2D eigenvalue weighted by Crippen LogP contribution is 2.29. The van der Waals surface area contributed by atoms with Gasteiger partial charge in [0, 0.05) is 19.0 Å². The van der Waals surface area contributed by atoms with Gasteiger partial charge in [0.15, 0.2) is 0 Å². The third-order valence-corrected chi connectivity index (χ3v) is 8.55. The van der Waals surface area contributed by atoms with Crippen LogP contribution >= 0.6 is 11.8 Å². The van der Waals surface area contributed by atoms with Crippen LogP contribution in [0.3, 0.4) is 0 Å². The third kappa shape index (κ3) is 4.55. The summed E-state index contributed by atoms with van der Waals surface area (Å²) < 4.78 is 27.6. The lowest BCUT2D eigenvalue weighted by atomic mass is 9.97. The molecule has 4 rings (SSSR count). The molecule has 1 saturated heterocycles. The van der Waals surface area contributed by atoms with E-state index in [1.54, 1.807) is 24.0 Å². The molecule has 0 bridgehead atoms. The average Bonchev–Trinajstić information content (AvgIpc) is 3.23. The lowest BCUT2D eigenvalue weighted by Crippen LogP contribution is -2.41. The highest BCUT2D eigenvalue weighted by atomic mass is 32.2. The van der Waals surface area contributed by atoms with Crippen LogP contribution in [0, 0.1) is 5.92 Å². The van der Waals surface area contributed by atoms with Crippen LogP contribution in [0.5, 0.6) is 0 Å². The molecule has 6 nitrogen and oxygen atoms in total. The first-order valence-corrected chi connectivity index (χ1v) is 12.9. The van der Waals surface area contributed by atoms with Crippen LogP contribution in [0.25, 0.3) is 0 Å². The maximum Gasteiger partial charge on any atom is 0.243 e. The van der Waals surface area contributed by atoms with Gasteiger partial charge in [0.1, 0.15) is 0 Å². The fraction of sp³-hybridized carbons (Fsp3) is 0.455. The second-order valence-electron chi connectivity index (χ2n) is 7.77.